The van der Waals surface area contributed by atoms with Crippen molar-refractivity contribution >= 4 is 5.91 Å². The van der Waals surface area contributed by atoms with Gasteiger partial charge in [-0.1, -0.05) is 27.7 Å². The summed E-state index contributed by atoms with van der Waals surface area (Å²) in [5, 5.41) is 1.86. The Morgan fingerprint density at radius 3 is 1.71 bits per heavy atom. The first-order valence-electron chi connectivity index (χ1n) is 4.59. The number of halogens is 3. The summed E-state index contributed by atoms with van der Waals surface area (Å²) >= 11 is 0. The first-order valence-corrected chi connectivity index (χ1v) is 4.59. The Kier molecular flexibility index (Phi) is 7.50. The lowest BCUT2D eigenvalue weighted by molar-refractivity contribution is -0.169. The van der Waals surface area contributed by atoms with Crippen molar-refractivity contribution in [2.45, 2.75) is 46.8 Å². The fourth-order valence-corrected chi connectivity index (χ4v) is 0.845. The molecule has 0 aliphatic rings. The Morgan fingerprint density at radius 2 is 1.64 bits per heavy atom. The van der Waals surface area contributed by atoms with Crippen LogP contribution in [0.5, 0.6) is 0 Å². The largest absolute Gasteiger partial charge is 0.408 e. The normalized spacial score (nSPS) is 12.9. The Labute approximate surface area is 84.4 Å². The van der Waals surface area contributed by atoms with Crippen LogP contribution < -0.4 is 5.32 Å². The van der Waals surface area contributed by atoms with Gasteiger partial charge in [-0.15, -0.1) is 0 Å². The van der Waals surface area contributed by atoms with Gasteiger partial charge in [0.1, 0.15) is 6.04 Å². The molecular formula is C9H20F3NO. The number of carbonyl (C=O) groups is 1. The zero-order valence-electron chi connectivity index (χ0n) is 9.20. The molecule has 0 aromatic heterocycles. The highest BCUT2D eigenvalue weighted by atomic mass is 19.4. The molecule has 0 spiro atoms. The van der Waals surface area contributed by atoms with E-state index in [1.807, 2.05) is 19.2 Å². The van der Waals surface area contributed by atoms with Gasteiger partial charge in [-0.3, -0.25) is 4.79 Å². The third-order valence-electron chi connectivity index (χ3n) is 1.38. The van der Waals surface area contributed by atoms with Gasteiger partial charge in [0, 0.05) is 8.35 Å². The van der Waals surface area contributed by atoms with Crippen LogP contribution in [0.1, 0.15) is 36.0 Å². The maximum absolute atomic E-state index is 12.1. The predicted octanol–water partition coefficient (Wildman–Crippen LogP) is 2.98. The second-order valence-electron chi connectivity index (χ2n) is 2.96. The van der Waals surface area contributed by atoms with Gasteiger partial charge >= 0.3 is 6.18 Å². The molecule has 1 amide bonds. The number of rotatable bonds is 2. The molecule has 0 aliphatic heterocycles. The molecule has 14 heavy (non-hydrogen) atoms. The van der Waals surface area contributed by atoms with Gasteiger partial charge < -0.3 is 5.32 Å². The number of carbonyl (C=O) groups excluding carboxylic acids is 1. The summed E-state index contributed by atoms with van der Waals surface area (Å²) < 4.78 is 36.3. The average Bonchev–Trinajstić information content (AvgIpc) is 2.01. The lowest BCUT2D eigenvalue weighted by atomic mass is 10.0. The van der Waals surface area contributed by atoms with E-state index in [9.17, 15) is 18.0 Å². The second kappa shape index (κ2) is 6.68. The van der Waals surface area contributed by atoms with Crippen molar-refractivity contribution in [2.75, 3.05) is 0 Å². The molecule has 0 radical (unpaired) electrons. The topological polar surface area (TPSA) is 29.1 Å². The molecule has 1 atom stereocenters. The van der Waals surface area contributed by atoms with Crippen LogP contribution in [0, 0.1) is 5.92 Å². The van der Waals surface area contributed by atoms with Crippen LogP contribution in [0.4, 0.5) is 13.2 Å². The van der Waals surface area contributed by atoms with Gasteiger partial charge in [0.25, 0.3) is 0 Å². The monoisotopic (exact) mass is 215 g/mol. The Bertz CT molecular complexity index is 171. The summed E-state index contributed by atoms with van der Waals surface area (Å²) in [7, 11) is 0. The molecular weight excluding hydrogens is 195 g/mol. The summed E-state index contributed by atoms with van der Waals surface area (Å²) in [6.07, 6.45) is -4.36. The highest BCUT2D eigenvalue weighted by molar-refractivity contribution is 5.73. The van der Waals surface area contributed by atoms with Crippen molar-refractivity contribution in [3.05, 3.63) is 0 Å². The van der Waals surface area contributed by atoms with Gasteiger partial charge in [-0.25, -0.2) is 0 Å². The van der Waals surface area contributed by atoms with Crippen LogP contribution in [0.15, 0.2) is 0 Å². The summed E-state index contributed by atoms with van der Waals surface area (Å²) in [5.41, 5.74) is 0. The summed E-state index contributed by atoms with van der Waals surface area (Å²) in [6.45, 7) is 7.89. The standard InChI is InChI=1S/C7H12F3NO.C2H6.H2/c1-4(2)6(7(8,9)10)11-5(3)12;1-2;/h4,6H,1-3H3,(H,11,12);1-2H3;1H/t6-;;/m1../s1. The number of alkyl halides is 3. The SMILES string of the molecule is CC.CC(=O)N[C@H](C(C)C)C(F)(F)F.[HH]. The van der Waals surface area contributed by atoms with E-state index >= 15 is 0 Å². The lowest BCUT2D eigenvalue weighted by Crippen LogP contribution is -2.47. The zero-order valence-corrected chi connectivity index (χ0v) is 9.20. The van der Waals surface area contributed by atoms with Crippen molar-refractivity contribution in [1.82, 2.24) is 5.32 Å². The van der Waals surface area contributed by atoms with E-state index in [0.29, 0.717) is 0 Å². The molecule has 0 heterocycles. The molecule has 1 N–H and O–H groups in total. The van der Waals surface area contributed by atoms with E-state index in [1.54, 1.807) is 0 Å². The lowest BCUT2D eigenvalue weighted by Gasteiger charge is -2.24. The molecule has 0 bridgehead atoms. The van der Waals surface area contributed by atoms with Crippen molar-refractivity contribution in [2.24, 2.45) is 5.92 Å². The van der Waals surface area contributed by atoms with Crippen LogP contribution in [-0.2, 0) is 4.79 Å². The van der Waals surface area contributed by atoms with Crippen molar-refractivity contribution < 1.29 is 19.4 Å². The van der Waals surface area contributed by atoms with E-state index in [4.69, 9.17) is 0 Å². The zero-order chi connectivity index (χ0) is 11.9. The highest BCUT2D eigenvalue weighted by Crippen LogP contribution is 2.25. The molecule has 0 aliphatic carbocycles. The number of amides is 1. The first kappa shape index (κ1) is 15.7. The molecule has 0 aromatic rings. The van der Waals surface area contributed by atoms with Gasteiger partial charge in [-0.05, 0) is 5.92 Å². The third-order valence-corrected chi connectivity index (χ3v) is 1.38. The number of hydrogen-bond acceptors (Lipinski definition) is 1. The minimum Gasteiger partial charge on any atom is -0.344 e. The minimum atomic E-state index is -4.36. The fourth-order valence-electron chi connectivity index (χ4n) is 0.845. The van der Waals surface area contributed by atoms with E-state index in [2.05, 4.69) is 0 Å². The molecule has 0 aromatic carbocycles. The van der Waals surface area contributed by atoms with Crippen molar-refractivity contribution in [3.63, 3.8) is 0 Å². The highest BCUT2D eigenvalue weighted by Gasteiger charge is 2.41. The summed E-state index contributed by atoms with van der Waals surface area (Å²) in [6, 6.07) is -1.74. The second-order valence-corrected chi connectivity index (χ2v) is 2.96. The van der Waals surface area contributed by atoms with Gasteiger partial charge in [0.2, 0.25) is 5.91 Å². The van der Waals surface area contributed by atoms with Crippen LogP contribution in [0.3, 0.4) is 0 Å². The fraction of sp³-hybridized carbons (Fsp3) is 0.889. The molecule has 5 heteroatoms. The summed E-state index contributed by atoms with van der Waals surface area (Å²) in [4.78, 5) is 10.4. The van der Waals surface area contributed by atoms with E-state index < -0.39 is 24.0 Å². The van der Waals surface area contributed by atoms with E-state index in [-0.39, 0.29) is 1.43 Å². The smallest absolute Gasteiger partial charge is 0.344 e. The molecule has 0 rings (SSSR count). The van der Waals surface area contributed by atoms with Gasteiger partial charge in [0.15, 0.2) is 0 Å². The molecule has 88 valence electrons. The van der Waals surface area contributed by atoms with Gasteiger partial charge in [-0.2, -0.15) is 13.2 Å². The maximum atomic E-state index is 12.1. The van der Waals surface area contributed by atoms with Crippen molar-refractivity contribution in [3.8, 4) is 0 Å². The first-order chi connectivity index (χ1) is 6.25. The molecule has 0 saturated heterocycles. The van der Waals surface area contributed by atoms with Crippen LogP contribution in [0.25, 0.3) is 0 Å². The molecule has 2 nitrogen and oxygen atoms in total. The molecule has 0 fully saturated rings. The minimum absolute atomic E-state index is 0. The van der Waals surface area contributed by atoms with Crippen LogP contribution in [-0.4, -0.2) is 18.1 Å². The van der Waals surface area contributed by atoms with E-state index in [0.717, 1.165) is 6.92 Å². The third kappa shape index (κ3) is 6.74. The Balaban J connectivity index is -0.000000449. The van der Waals surface area contributed by atoms with Crippen molar-refractivity contribution in [1.29, 1.82) is 0 Å². The number of hydrogen-bond donors (Lipinski definition) is 1. The Hall–Kier alpha value is -0.740. The quantitative estimate of drug-likeness (QED) is 0.753. The van der Waals surface area contributed by atoms with Crippen LogP contribution in [0.2, 0.25) is 0 Å². The average molecular weight is 215 g/mol. The molecule has 0 saturated carbocycles. The summed E-state index contributed by atoms with van der Waals surface area (Å²) in [5.74, 6) is -1.31. The van der Waals surface area contributed by atoms with Gasteiger partial charge in [0.05, 0.1) is 0 Å². The maximum Gasteiger partial charge on any atom is 0.408 e. The Morgan fingerprint density at radius 1 is 1.29 bits per heavy atom. The molecule has 0 unspecified atom stereocenters. The number of nitrogens with one attached hydrogen (secondary N) is 1. The van der Waals surface area contributed by atoms with E-state index in [1.165, 1.54) is 13.8 Å². The predicted molar refractivity (Wildman–Crippen MR) is 52.0 cm³/mol. The van der Waals surface area contributed by atoms with Crippen LogP contribution >= 0.6 is 0 Å².